The number of rotatable bonds is 2. The van der Waals surface area contributed by atoms with Gasteiger partial charge in [0.15, 0.2) is 5.60 Å². The molecule has 1 aromatic rings. The summed E-state index contributed by atoms with van der Waals surface area (Å²) in [7, 11) is 0. The molecule has 1 saturated heterocycles. The molecular weight excluding hydrogens is 236 g/mol. The predicted molar refractivity (Wildman–Crippen MR) is 77.3 cm³/mol. The van der Waals surface area contributed by atoms with Crippen molar-refractivity contribution in [1.82, 2.24) is 4.90 Å². The van der Waals surface area contributed by atoms with Crippen LogP contribution in [0.4, 0.5) is 0 Å². The van der Waals surface area contributed by atoms with E-state index in [-0.39, 0.29) is 5.60 Å². The van der Waals surface area contributed by atoms with Crippen LogP contribution in [0.1, 0.15) is 29.5 Å². The lowest BCUT2D eigenvalue weighted by atomic mass is 9.92. The Morgan fingerprint density at radius 2 is 2.21 bits per heavy atom. The van der Waals surface area contributed by atoms with Crippen molar-refractivity contribution in [2.45, 2.75) is 32.3 Å². The van der Waals surface area contributed by atoms with Crippen LogP contribution in [0.5, 0.6) is 0 Å². The second-order valence-corrected chi connectivity index (χ2v) is 5.69. The van der Waals surface area contributed by atoms with Gasteiger partial charge in [-0.25, -0.2) is 0 Å². The summed E-state index contributed by atoms with van der Waals surface area (Å²) >= 11 is 0. The lowest BCUT2D eigenvalue weighted by Crippen LogP contribution is -2.32. The maximum Gasteiger partial charge on any atom is 0.162 e. The van der Waals surface area contributed by atoms with Crippen LogP contribution in [0, 0.1) is 13.8 Å². The summed E-state index contributed by atoms with van der Waals surface area (Å²) in [4.78, 5) is 7.98. The van der Waals surface area contributed by atoms with E-state index < -0.39 is 0 Å². The second-order valence-electron chi connectivity index (χ2n) is 5.69. The minimum atomic E-state index is -0.123. The molecule has 19 heavy (non-hydrogen) atoms. The summed E-state index contributed by atoms with van der Waals surface area (Å²) < 4.78 is 0. The molecule has 3 rings (SSSR count). The third-order valence-corrected chi connectivity index (χ3v) is 4.28. The molecule has 1 aromatic carbocycles. The summed E-state index contributed by atoms with van der Waals surface area (Å²) in [5.41, 5.74) is 4.77. The Bertz CT molecular complexity index is 550. The molecule has 0 aromatic heterocycles. The van der Waals surface area contributed by atoms with E-state index in [1.165, 1.54) is 16.7 Å². The molecule has 100 valence electrons. The third-order valence-electron chi connectivity index (χ3n) is 4.28. The molecular formula is C16H20N2O. The van der Waals surface area contributed by atoms with Crippen molar-refractivity contribution in [1.29, 1.82) is 0 Å². The average Bonchev–Trinajstić information content (AvgIpc) is 3.01. The van der Waals surface area contributed by atoms with Gasteiger partial charge in [0, 0.05) is 19.4 Å². The summed E-state index contributed by atoms with van der Waals surface area (Å²) in [6, 6.07) is 6.50. The first-order chi connectivity index (χ1) is 9.12. The summed E-state index contributed by atoms with van der Waals surface area (Å²) in [5.74, 6) is 0. The highest BCUT2D eigenvalue weighted by atomic mass is 16.7. The Balaban J connectivity index is 1.78. The van der Waals surface area contributed by atoms with Gasteiger partial charge in [-0.15, -0.1) is 0 Å². The molecule has 2 aliphatic heterocycles. The molecule has 0 N–H and O–H groups in total. The average molecular weight is 256 g/mol. The fourth-order valence-electron chi connectivity index (χ4n) is 2.85. The van der Waals surface area contributed by atoms with Gasteiger partial charge >= 0.3 is 0 Å². The Kier molecular flexibility index (Phi) is 2.85. The van der Waals surface area contributed by atoms with Crippen molar-refractivity contribution in [3.8, 4) is 0 Å². The minimum absolute atomic E-state index is 0.123. The Morgan fingerprint density at radius 3 is 2.89 bits per heavy atom. The van der Waals surface area contributed by atoms with Crippen molar-refractivity contribution in [3.05, 3.63) is 47.7 Å². The molecule has 3 nitrogen and oxygen atoms in total. The van der Waals surface area contributed by atoms with E-state index in [0.717, 1.165) is 31.6 Å². The molecule has 0 saturated carbocycles. The van der Waals surface area contributed by atoms with Gasteiger partial charge < -0.3 is 9.74 Å². The normalized spacial score (nSPS) is 25.6. The van der Waals surface area contributed by atoms with Crippen molar-refractivity contribution in [3.63, 3.8) is 0 Å². The van der Waals surface area contributed by atoms with Crippen LogP contribution in [0.2, 0.25) is 0 Å². The van der Waals surface area contributed by atoms with Gasteiger partial charge in [-0.3, -0.25) is 0 Å². The Hall–Kier alpha value is -1.77. The van der Waals surface area contributed by atoms with Crippen LogP contribution in [0.25, 0.3) is 0 Å². The summed E-state index contributed by atoms with van der Waals surface area (Å²) in [5, 5.41) is 4.34. The van der Waals surface area contributed by atoms with Gasteiger partial charge in [-0.2, -0.15) is 0 Å². The zero-order chi connectivity index (χ0) is 13.5. The number of benzene rings is 1. The second kappa shape index (κ2) is 4.41. The van der Waals surface area contributed by atoms with Crippen molar-refractivity contribution in [2.75, 3.05) is 13.1 Å². The van der Waals surface area contributed by atoms with Gasteiger partial charge in [0.25, 0.3) is 0 Å². The molecule has 3 heteroatoms. The van der Waals surface area contributed by atoms with Crippen LogP contribution < -0.4 is 0 Å². The van der Waals surface area contributed by atoms with E-state index >= 15 is 0 Å². The first kappa shape index (κ1) is 12.3. The zero-order valence-electron chi connectivity index (χ0n) is 11.6. The molecule has 2 heterocycles. The van der Waals surface area contributed by atoms with Gasteiger partial charge in [0.1, 0.15) is 0 Å². The minimum Gasteiger partial charge on any atom is -0.387 e. The van der Waals surface area contributed by atoms with E-state index in [1.807, 2.05) is 6.20 Å². The highest BCUT2D eigenvalue weighted by molar-refractivity contribution is 6.01. The maximum atomic E-state index is 5.77. The SMILES string of the molecule is C=CN1CCC2(CC(c3ccc(C)c(C)c3)=NO2)C1. The topological polar surface area (TPSA) is 24.8 Å². The first-order valence-electron chi connectivity index (χ1n) is 6.81. The maximum absolute atomic E-state index is 5.77. The number of nitrogens with zero attached hydrogens (tertiary/aromatic N) is 2. The molecule has 0 bridgehead atoms. The molecule has 1 atom stereocenters. The first-order valence-corrected chi connectivity index (χ1v) is 6.81. The van der Waals surface area contributed by atoms with Crippen molar-refractivity contribution < 1.29 is 4.84 Å². The van der Waals surface area contributed by atoms with Crippen LogP contribution in [0.3, 0.4) is 0 Å². The quantitative estimate of drug-likeness (QED) is 0.812. The monoisotopic (exact) mass is 256 g/mol. The summed E-state index contributed by atoms with van der Waals surface area (Å²) in [6.45, 7) is 10.0. The van der Waals surface area contributed by atoms with Crippen LogP contribution >= 0.6 is 0 Å². The van der Waals surface area contributed by atoms with Crippen molar-refractivity contribution in [2.24, 2.45) is 5.16 Å². The zero-order valence-corrected chi connectivity index (χ0v) is 11.6. The fraction of sp³-hybridized carbons (Fsp3) is 0.438. The van der Waals surface area contributed by atoms with E-state index in [2.05, 4.69) is 48.7 Å². The Morgan fingerprint density at radius 1 is 1.37 bits per heavy atom. The largest absolute Gasteiger partial charge is 0.387 e. The third kappa shape index (κ3) is 2.14. The van der Waals surface area contributed by atoms with Gasteiger partial charge in [0.2, 0.25) is 0 Å². The fourth-order valence-corrected chi connectivity index (χ4v) is 2.85. The lowest BCUT2D eigenvalue weighted by Gasteiger charge is -2.20. The molecule has 1 fully saturated rings. The van der Waals surface area contributed by atoms with Crippen LogP contribution in [0.15, 0.2) is 36.1 Å². The van der Waals surface area contributed by atoms with E-state index in [1.54, 1.807) is 0 Å². The molecule has 0 radical (unpaired) electrons. The van der Waals surface area contributed by atoms with Gasteiger partial charge in [-0.1, -0.05) is 23.9 Å². The van der Waals surface area contributed by atoms with E-state index in [4.69, 9.17) is 4.84 Å². The van der Waals surface area contributed by atoms with E-state index in [9.17, 15) is 0 Å². The van der Waals surface area contributed by atoms with Gasteiger partial charge in [-0.05, 0) is 42.8 Å². The highest BCUT2D eigenvalue weighted by Gasteiger charge is 2.44. The van der Waals surface area contributed by atoms with Crippen LogP contribution in [-0.4, -0.2) is 29.3 Å². The standard InChI is InChI=1S/C16H20N2O/c1-4-18-8-7-16(11-18)10-15(17-19-16)14-6-5-12(2)13(3)9-14/h4-6,9H,1,7-8,10-11H2,2-3H3. The van der Waals surface area contributed by atoms with Crippen molar-refractivity contribution >= 4 is 5.71 Å². The number of hydrogen-bond acceptors (Lipinski definition) is 3. The molecule has 2 aliphatic rings. The van der Waals surface area contributed by atoms with Gasteiger partial charge in [0.05, 0.1) is 12.3 Å². The molecule has 0 aliphatic carbocycles. The molecule has 0 amide bonds. The number of aryl methyl sites for hydroxylation is 2. The number of likely N-dealkylation sites (tertiary alicyclic amines) is 1. The molecule has 1 unspecified atom stereocenters. The molecule has 1 spiro atoms. The summed E-state index contributed by atoms with van der Waals surface area (Å²) in [6.07, 6.45) is 3.82. The lowest BCUT2D eigenvalue weighted by molar-refractivity contribution is -0.00727. The highest BCUT2D eigenvalue weighted by Crippen LogP contribution is 2.35. The number of oxime groups is 1. The number of hydrogen-bond donors (Lipinski definition) is 0. The predicted octanol–water partition coefficient (Wildman–Crippen LogP) is 3.02. The van der Waals surface area contributed by atoms with E-state index in [0.29, 0.717) is 0 Å². The van der Waals surface area contributed by atoms with Crippen LogP contribution in [-0.2, 0) is 4.84 Å². The smallest absolute Gasteiger partial charge is 0.162 e. The Labute approximate surface area is 114 Å².